The lowest BCUT2D eigenvalue weighted by atomic mass is 9.81. The van der Waals surface area contributed by atoms with Crippen molar-refractivity contribution in [2.24, 2.45) is 11.8 Å². The van der Waals surface area contributed by atoms with Gasteiger partial charge in [0.15, 0.2) is 8.32 Å². The van der Waals surface area contributed by atoms with Crippen LogP contribution in [0.1, 0.15) is 108 Å². The molecule has 0 amide bonds. The van der Waals surface area contributed by atoms with Crippen LogP contribution in [-0.4, -0.2) is 59.0 Å². The average Bonchev–Trinajstić information content (AvgIpc) is 3.59. The average molecular weight is 656 g/mol. The van der Waals surface area contributed by atoms with Gasteiger partial charge in [-0.15, -0.1) is 0 Å². The van der Waals surface area contributed by atoms with Crippen LogP contribution in [0.4, 0.5) is 11.8 Å². The van der Waals surface area contributed by atoms with Gasteiger partial charge in [0, 0.05) is 37.0 Å². The van der Waals surface area contributed by atoms with Gasteiger partial charge in [-0.25, -0.2) is 9.97 Å². The summed E-state index contributed by atoms with van der Waals surface area (Å²) in [5.41, 5.74) is 1.74. The Balaban J connectivity index is 0.994. The van der Waals surface area contributed by atoms with Crippen molar-refractivity contribution in [2.45, 2.75) is 115 Å². The quantitative estimate of drug-likeness (QED) is 0.232. The molecule has 0 spiro atoms. The van der Waals surface area contributed by atoms with E-state index in [0.29, 0.717) is 28.7 Å². The number of piperidine rings is 1. The van der Waals surface area contributed by atoms with E-state index in [2.05, 4.69) is 61.2 Å². The monoisotopic (exact) mass is 655 g/mol. The summed E-state index contributed by atoms with van der Waals surface area (Å²) in [7, 11) is -1.66. The summed E-state index contributed by atoms with van der Waals surface area (Å²) in [4.78, 5) is 29.7. The molecular weight excluding hydrogens is 603 g/mol. The van der Waals surface area contributed by atoms with Crippen molar-refractivity contribution in [3.63, 3.8) is 0 Å². The second kappa shape index (κ2) is 14.2. The number of anilines is 2. The van der Waals surface area contributed by atoms with Crippen molar-refractivity contribution in [1.82, 2.24) is 24.4 Å². The summed E-state index contributed by atoms with van der Waals surface area (Å²) >= 11 is 0. The van der Waals surface area contributed by atoms with Gasteiger partial charge in [-0.1, -0.05) is 39.7 Å². The molecule has 1 N–H and O–H groups in total. The van der Waals surface area contributed by atoms with Gasteiger partial charge in [-0.3, -0.25) is 9.36 Å². The maximum atomic E-state index is 13.1. The van der Waals surface area contributed by atoms with Gasteiger partial charge in [0.2, 0.25) is 5.95 Å². The summed E-state index contributed by atoms with van der Waals surface area (Å²) < 4.78 is 8.27. The lowest BCUT2D eigenvalue weighted by molar-refractivity contribution is 0.129. The zero-order valence-corrected chi connectivity index (χ0v) is 30.1. The third-order valence-corrected chi connectivity index (χ3v) is 16.1. The zero-order valence-electron chi connectivity index (χ0n) is 29.1. The second-order valence-electron chi connectivity index (χ2n) is 15.9. The maximum Gasteiger partial charge on any atom is 0.270 e. The maximum absolute atomic E-state index is 13.1. The van der Waals surface area contributed by atoms with Gasteiger partial charge in [-0.2, -0.15) is 10.2 Å². The number of aromatic nitrogens is 4. The highest BCUT2D eigenvalue weighted by Crippen LogP contribution is 2.39. The second-order valence-corrected chi connectivity index (χ2v) is 20.7. The van der Waals surface area contributed by atoms with Gasteiger partial charge >= 0.3 is 0 Å². The molecular formula is C37H53N7O2Si. The number of fused-ring (bicyclic) bond motifs is 1. The lowest BCUT2D eigenvalue weighted by Crippen LogP contribution is -2.42. The molecule has 9 nitrogen and oxygen atoms in total. The molecule has 2 saturated carbocycles. The van der Waals surface area contributed by atoms with Gasteiger partial charge in [0.05, 0.1) is 0 Å². The minimum atomic E-state index is -1.66. The Morgan fingerprint density at radius 2 is 1.68 bits per heavy atom. The van der Waals surface area contributed by atoms with Crippen LogP contribution in [0.15, 0.2) is 35.4 Å². The van der Waals surface area contributed by atoms with Gasteiger partial charge in [0.25, 0.3) is 5.56 Å². The number of nitrogens with one attached hydrogen (secondary N) is 1. The molecule has 0 atom stereocenters. The first kappa shape index (κ1) is 33.8. The standard InChI is InChI=1S/C37H53N7O2Si/c1-37(2,3)47(4,5)46-25-27-12-10-26(11-13-27)24-43-18-16-28(17-19-43)29-14-15-33(39-22-29)41-36-40-23-31-20-30(21-38)35(45)44(34(31)42-36)32-8-6-7-9-32/h14-15,20,22-23,26-28,32H,6-13,16-19,24-25H2,1-5H3,(H,39,40,41,42). The SMILES string of the molecule is CC(C)(C)[Si](C)(C)OCC1CCC(CN2CCC(c3ccc(Nc4ncc5cc(C#N)c(=O)n(C6CCCC6)c5n4)nc3)CC2)CC1. The highest BCUT2D eigenvalue weighted by Gasteiger charge is 2.38. The molecule has 0 bridgehead atoms. The Hall–Kier alpha value is -3.13. The highest BCUT2D eigenvalue weighted by atomic mass is 28.4. The van der Waals surface area contributed by atoms with E-state index < -0.39 is 8.32 Å². The molecule has 1 aliphatic heterocycles. The van der Waals surface area contributed by atoms with Crippen molar-refractivity contribution in [2.75, 3.05) is 31.6 Å². The molecule has 3 aromatic heterocycles. The van der Waals surface area contributed by atoms with E-state index in [0.717, 1.165) is 57.2 Å². The molecule has 6 rings (SSSR count). The highest BCUT2D eigenvalue weighted by molar-refractivity contribution is 6.74. The Labute approximate surface area is 281 Å². The number of rotatable bonds is 9. The number of hydrogen-bond acceptors (Lipinski definition) is 8. The van der Waals surface area contributed by atoms with Crippen molar-refractivity contribution in [3.8, 4) is 6.07 Å². The normalized spacial score (nSPS) is 22.0. The van der Waals surface area contributed by atoms with E-state index in [1.54, 1.807) is 16.8 Å². The Morgan fingerprint density at radius 1 is 0.979 bits per heavy atom. The Kier molecular flexibility index (Phi) is 10.2. The molecule has 252 valence electrons. The lowest BCUT2D eigenvalue weighted by Gasteiger charge is -2.39. The van der Waals surface area contributed by atoms with E-state index >= 15 is 0 Å². The first-order valence-electron chi connectivity index (χ1n) is 17.9. The third-order valence-electron chi connectivity index (χ3n) is 11.6. The van der Waals surface area contributed by atoms with E-state index in [9.17, 15) is 10.1 Å². The number of pyridine rings is 2. The molecule has 10 heteroatoms. The summed E-state index contributed by atoms with van der Waals surface area (Å²) in [6, 6.07) is 7.90. The van der Waals surface area contributed by atoms with Crippen molar-refractivity contribution >= 4 is 31.1 Å². The molecule has 1 saturated heterocycles. The molecule has 3 fully saturated rings. The van der Waals surface area contributed by atoms with Crippen LogP contribution < -0.4 is 10.9 Å². The topological polar surface area (TPSA) is 109 Å². The minimum absolute atomic E-state index is 0.0670. The number of hydrogen-bond donors (Lipinski definition) is 1. The van der Waals surface area contributed by atoms with Crippen molar-refractivity contribution < 1.29 is 4.43 Å². The summed E-state index contributed by atoms with van der Waals surface area (Å²) in [5, 5.41) is 13.7. The zero-order chi connectivity index (χ0) is 33.2. The minimum Gasteiger partial charge on any atom is -0.417 e. The van der Waals surface area contributed by atoms with Crippen molar-refractivity contribution in [3.05, 3.63) is 52.1 Å². The fourth-order valence-electron chi connectivity index (χ4n) is 7.53. The molecule has 3 aliphatic rings. The van der Waals surface area contributed by atoms with Crippen molar-refractivity contribution in [1.29, 1.82) is 5.26 Å². The van der Waals surface area contributed by atoms with E-state index in [1.165, 1.54) is 50.6 Å². The molecule has 4 heterocycles. The van der Waals surface area contributed by atoms with Crippen LogP contribution in [0.2, 0.25) is 18.1 Å². The Morgan fingerprint density at radius 3 is 2.32 bits per heavy atom. The molecule has 0 unspecified atom stereocenters. The largest absolute Gasteiger partial charge is 0.417 e. The van der Waals surface area contributed by atoms with Crippen LogP contribution >= 0.6 is 0 Å². The summed E-state index contributed by atoms with van der Waals surface area (Å²) in [6.45, 7) is 16.2. The van der Waals surface area contributed by atoms with Crippen LogP contribution in [0.3, 0.4) is 0 Å². The number of nitrogens with zero attached hydrogens (tertiary/aromatic N) is 6. The summed E-state index contributed by atoms with van der Waals surface area (Å²) in [5.74, 6) is 3.17. The van der Waals surface area contributed by atoms with E-state index in [4.69, 9.17) is 14.4 Å². The van der Waals surface area contributed by atoms with E-state index in [1.807, 2.05) is 12.3 Å². The number of likely N-dealkylation sites (tertiary alicyclic amines) is 1. The number of nitriles is 1. The first-order valence-corrected chi connectivity index (χ1v) is 20.8. The summed E-state index contributed by atoms with van der Waals surface area (Å²) in [6.07, 6.45) is 15.3. The molecule has 47 heavy (non-hydrogen) atoms. The molecule has 3 aromatic rings. The first-order chi connectivity index (χ1) is 22.5. The van der Waals surface area contributed by atoms with Crippen LogP contribution in [0.25, 0.3) is 11.0 Å². The molecule has 2 aliphatic carbocycles. The fourth-order valence-corrected chi connectivity index (χ4v) is 8.62. The van der Waals surface area contributed by atoms with Crippen LogP contribution in [0, 0.1) is 23.2 Å². The molecule has 0 aromatic carbocycles. The van der Waals surface area contributed by atoms with Crippen LogP contribution in [0.5, 0.6) is 0 Å². The van der Waals surface area contributed by atoms with E-state index in [-0.39, 0.29) is 22.2 Å². The van der Waals surface area contributed by atoms with Gasteiger partial charge in [0.1, 0.15) is 23.1 Å². The van der Waals surface area contributed by atoms with Crippen LogP contribution in [-0.2, 0) is 4.43 Å². The Bertz CT molecular complexity index is 1620. The van der Waals surface area contributed by atoms with Gasteiger partial charge in [-0.05, 0) is 118 Å². The smallest absolute Gasteiger partial charge is 0.270 e. The fraction of sp³-hybridized carbons (Fsp3) is 0.649. The van der Waals surface area contributed by atoms with Gasteiger partial charge < -0.3 is 14.6 Å². The predicted molar refractivity (Wildman–Crippen MR) is 191 cm³/mol. The molecule has 0 radical (unpaired) electrons. The third kappa shape index (κ3) is 7.79. The predicted octanol–water partition coefficient (Wildman–Crippen LogP) is 7.92.